The Morgan fingerprint density at radius 3 is 2.44 bits per heavy atom. The number of rotatable bonds is 9. The van der Waals surface area contributed by atoms with Gasteiger partial charge in [0.2, 0.25) is 0 Å². The lowest BCUT2D eigenvalue weighted by atomic mass is 10.3. The summed E-state index contributed by atoms with van der Waals surface area (Å²) in [4.78, 5) is 10.8. The fourth-order valence-corrected chi connectivity index (χ4v) is 1.55. The fraction of sp³-hybridized carbons (Fsp3) is 0.917. The number of quaternary nitrogens is 1. The molecule has 0 saturated carbocycles. The van der Waals surface area contributed by atoms with Gasteiger partial charge >= 0.3 is 5.97 Å². The number of hydrogen-bond donors (Lipinski definition) is 0. The van der Waals surface area contributed by atoms with Gasteiger partial charge in [0, 0.05) is 13.0 Å². The molecule has 0 radical (unpaired) electrons. The lowest BCUT2D eigenvalue weighted by molar-refractivity contribution is -0.890. The lowest BCUT2D eigenvalue weighted by Crippen LogP contribution is -2.42. The number of methoxy groups -OCH3 is 1. The molecule has 4 nitrogen and oxygen atoms in total. The van der Waals surface area contributed by atoms with Crippen LogP contribution >= 0.6 is 0 Å². The minimum Gasteiger partial charge on any atom is -0.469 e. The molecule has 0 atom stereocenters. The van der Waals surface area contributed by atoms with Crippen molar-refractivity contribution in [3.63, 3.8) is 0 Å². The molecule has 0 aromatic heterocycles. The van der Waals surface area contributed by atoms with Gasteiger partial charge in [-0.15, -0.1) is 0 Å². The van der Waals surface area contributed by atoms with Gasteiger partial charge < -0.3 is 14.0 Å². The summed E-state index contributed by atoms with van der Waals surface area (Å²) in [6.45, 7) is 5.78. The summed E-state index contributed by atoms with van der Waals surface area (Å²) in [5.74, 6) is -0.161. The predicted molar refractivity (Wildman–Crippen MR) is 64.2 cm³/mol. The fourth-order valence-electron chi connectivity index (χ4n) is 1.55. The number of ether oxygens (including phenoxy) is 2. The molecule has 96 valence electrons. The van der Waals surface area contributed by atoms with Gasteiger partial charge in [0.15, 0.2) is 0 Å². The molecular weight excluding hydrogens is 206 g/mol. The third kappa shape index (κ3) is 8.68. The van der Waals surface area contributed by atoms with Gasteiger partial charge in [-0.3, -0.25) is 4.79 Å². The average molecular weight is 232 g/mol. The van der Waals surface area contributed by atoms with E-state index in [1.165, 1.54) is 20.1 Å². The molecule has 0 amide bonds. The molecule has 4 heteroatoms. The van der Waals surface area contributed by atoms with Crippen molar-refractivity contribution in [3.8, 4) is 0 Å². The van der Waals surface area contributed by atoms with Crippen LogP contribution in [0.4, 0.5) is 0 Å². The van der Waals surface area contributed by atoms with E-state index < -0.39 is 0 Å². The summed E-state index contributed by atoms with van der Waals surface area (Å²) in [5.41, 5.74) is 0. The summed E-state index contributed by atoms with van der Waals surface area (Å²) in [6, 6.07) is 0. The quantitative estimate of drug-likeness (QED) is 0.343. The summed E-state index contributed by atoms with van der Waals surface area (Å²) < 4.78 is 11.0. The van der Waals surface area contributed by atoms with Crippen molar-refractivity contribution >= 4 is 5.97 Å². The first kappa shape index (κ1) is 15.4. The van der Waals surface area contributed by atoms with Crippen molar-refractivity contribution in [1.29, 1.82) is 0 Å². The predicted octanol–water partition coefficient (Wildman–Crippen LogP) is 1.44. The van der Waals surface area contributed by atoms with Crippen LogP contribution < -0.4 is 0 Å². The van der Waals surface area contributed by atoms with E-state index in [0.29, 0.717) is 13.0 Å². The molecule has 0 rings (SSSR count). The van der Waals surface area contributed by atoms with Gasteiger partial charge in [0.05, 0.1) is 34.4 Å². The topological polar surface area (TPSA) is 35.5 Å². The van der Waals surface area contributed by atoms with E-state index in [0.717, 1.165) is 24.1 Å². The van der Waals surface area contributed by atoms with Crippen molar-refractivity contribution in [3.05, 3.63) is 0 Å². The van der Waals surface area contributed by atoms with Crippen LogP contribution in [0.3, 0.4) is 0 Å². The van der Waals surface area contributed by atoms with E-state index in [9.17, 15) is 4.79 Å². The molecule has 0 aliphatic rings. The van der Waals surface area contributed by atoms with Gasteiger partial charge in [-0.25, -0.2) is 0 Å². The number of carbonyl (C=O) groups is 1. The van der Waals surface area contributed by atoms with Crippen molar-refractivity contribution < 1.29 is 18.8 Å². The number of likely N-dealkylation sites (N-methyl/N-ethyl adjacent to an activating group) is 1. The van der Waals surface area contributed by atoms with Gasteiger partial charge in [-0.05, 0) is 12.8 Å². The van der Waals surface area contributed by atoms with E-state index in [-0.39, 0.29) is 5.97 Å². The van der Waals surface area contributed by atoms with E-state index in [2.05, 4.69) is 25.8 Å². The second-order valence-electron chi connectivity index (χ2n) is 4.68. The molecule has 0 aliphatic carbocycles. The Hall–Kier alpha value is -0.610. The molecule has 0 saturated heterocycles. The van der Waals surface area contributed by atoms with Crippen LogP contribution in [0.25, 0.3) is 0 Å². The van der Waals surface area contributed by atoms with Crippen LogP contribution in [0.2, 0.25) is 0 Å². The van der Waals surface area contributed by atoms with Crippen molar-refractivity contribution in [2.24, 2.45) is 0 Å². The Labute approximate surface area is 99.1 Å². The largest absolute Gasteiger partial charge is 0.469 e. The average Bonchev–Trinajstić information content (AvgIpc) is 2.22. The number of hydrogen-bond acceptors (Lipinski definition) is 3. The number of carbonyl (C=O) groups excluding carboxylic acids is 1. The number of nitrogens with zero attached hydrogens (tertiary/aromatic N) is 1. The van der Waals surface area contributed by atoms with Crippen LogP contribution in [0.5, 0.6) is 0 Å². The van der Waals surface area contributed by atoms with E-state index >= 15 is 0 Å². The summed E-state index contributed by atoms with van der Waals surface area (Å²) in [7, 11) is 5.83. The monoisotopic (exact) mass is 232 g/mol. The Bertz CT molecular complexity index is 193. The zero-order valence-electron chi connectivity index (χ0n) is 11.1. The van der Waals surface area contributed by atoms with E-state index in [1.54, 1.807) is 0 Å². The standard InChI is InChI=1S/C12H26NO3/c1-5-8-13(2,3)9-11-16-10-6-7-12(14)15-4/h5-11H2,1-4H3/q+1. The highest BCUT2D eigenvalue weighted by atomic mass is 16.5. The molecule has 0 N–H and O–H groups in total. The second-order valence-corrected chi connectivity index (χ2v) is 4.68. The Morgan fingerprint density at radius 1 is 1.19 bits per heavy atom. The molecule has 0 aromatic rings. The van der Waals surface area contributed by atoms with Crippen molar-refractivity contribution in [2.75, 3.05) is 47.5 Å². The summed E-state index contributed by atoms with van der Waals surface area (Å²) >= 11 is 0. The van der Waals surface area contributed by atoms with Crippen LogP contribution in [0.1, 0.15) is 26.2 Å². The second kappa shape index (κ2) is 8.53. The van der Waals surface area contributed by atoms with Crippen LogP contribution in [0, 0.1) is 0 Å². The normalized spacial score (nSPS) is 11.5. The van der Waals surface area contributed by atoms with E-state index in [4.69, 9.17) is 4.74 Å². The van der Waals surface area contributed by atoms with Gasteiger partial charge in [-0.2, -0.15) is 0 Å². The maximum Gasteiger partial charge on any atom is 0.305 e. The first-order valence-corrected chi connectivity index (χ1v) is 5.98. The molecule has 0 aromatic carbocycles. The Morgan fingerprint density at radius 2 is 1.88 bits per heavy atom. The van der Waals surface area contributed by atoms with Gasteiger partial charge in [0.25, 0.3) is 0 Å². The third-order valence-electron chi connectivity index (χ3n) is 2.57. The van der Waals surface area contributed by atoms with Gasteiger partial charge in [0.1, 0.15) is 6.54 Å². The van der Waals surface area contributed by atoms with Crippen LogP contribution in [-0.4, -0.2) is 58.0 Å². The molecule has 0 bridgehead atoms. The molecule has 0 heterocycles. The van der Waals surface area contributed by atoms with Gasteiger partial charge in [-0.1, -0.05) is 6.92 Å². The van der Waals surface area contributed by atoms with E-state index in [1.807, 2.05) is 0 Å². The molecule has 0 aliphatic heterocycles. The molecular formula is C12H26NO3+. The SMILES string of the molecule is CCC[N+](C)(C)CCOCCCC(=O)OC. The highest BCUT2D eigenvalue weighted by molar-refractivity contribution is 5.68. The molecule has 0 spiro atoms. The van der Waals surface area contributed by atoms with Crippen molar-refractivity contribution in [2.45, 2.75) is 26.2 Å². The smallest absolute Gasteiger partial charge is 0.305 e. The molecule has 0 fully saturated rings. The zero-order valence-corrected chi connectivity index (χ0v) is 11.1. The maximum absolute atomic E-state index is 10.8. The number of esters is 1. The summed E-state index contributed by atoms with van der Waals surface area (Å²) in [6.07, 6.45) is 2.38. The lowest BCUT2D eigenvalue weighted by Gasteiger charge is -2.29. The van der Waals surface area contributed by atoms with Crippen LogP contribution in [-0.2, 0) is 14.3 Å². The molecule has 0 unspecified atom stereocenters. The van der Waals surface area contributed by atoms with Crippen molar-refractivity contribution in [1.82, 2.24) is 0 Å². The minimum atomic E-state index is -0.161. The highest BCUT2D eigenvalue weighted by Crippen LogP contribution is 1.99. The van der Waals surface area contributed by atoms with Crippen LogP contribution in [0.15, 0.2) is 0 Å². The zero-order chi connectivity index (χ0) is 12.4. The minimum absolute atomic E-state index is 0.161. The highest BCUT2D eigenvalue weighted by Gasteiger charge is 2.12. The first-order chi connectivity index (χ1) is 7.52. The first-order valence-electron chi connectivity index (χ1n) is 5.98. The Kier molecular flexibility index (Phi) is 8.21. The maximum atomic E-state index is 10.8. The third-order valence-corrected chi connectivity index (χ3v) is 2.57. The Balaban J connectivity index is 3.36. The summed E-state index contributed by atoms with van der Waals surface area (Å²) in [5, 5.41) is 0. The molecule has 16 heavy (non-hydrogen) atoms.